The van der Waals surface area contributed by atoms with Gasteiger partial charge in [0.25, 0.3) is 0 Å². The first kappa shape index (κ1) is 58.1. The third-order valence-electron chi connectivity index (χ3n) is 10.2. The van der Waals surface area contributed by atoms with Gasteiger partial charge < -0.3 is 15.3 Å². The van der Waals surface area contributed by atoms with E-state index in [0.717, 1.165) is 0 Å². The Kier molecular flexibility index (Phi) is 17.4. The fourth-order valence-electron chi connectivity index (χ4n) is 7.04. The molecule has 0 atom stereocenters. The number of alkyl halides is 14. The second-order valence-corrected chi connectivity index (χ2v) is 15.6. The first-order valence-corrected chi connectivity index (χ1v) is 19.3. The number of nitrogens with zero attached hydrogens (tertiary/aromatic N) is 4. The minimum absolute atomic E-state index is 0. The molecule has 0 aliphatic heterocycles. The maximum atomic E-state index is 14.5. The molecule has 2 N–H and O–H groups in total. The zero-order chi connectivity index (χ0) is 50.6. The van der Waals surface area contributed by atoms with Crippen LogP contribution in [0.25, 0.3) is 33.6 Å². The van der Waals surface area contributed by atoms with Crippen molar-refractivity contribution in [1.29, 1.82) is 0 Å². The van der Waals surface area contributed by atoms with Gasteiger partial charge in [0.1, 0.15) is 0 Å². The van der Waals surface area contributed by atoms with Gasteiger partial charge in [-0.15, -0.1) is 0 Å². The number of hydrogen-bond acceptors (Lipinski definition) is 6. The number of esters is 1. The van der Waals surface area contributed by atoms with E-state index in [4.69, 9.17) is 23.2 Å². The number of ether oxygens (including phenoxy) is 1. The van der Waals surface area contributed by atoms with E-state index in [-0.39, 0.29) is 89.8 Å². The molecule has 0 aliphatic rings. The van der Waals surface area contributed by atoms with Gasteiger partial charge in [-0.25, -0.2) is 27.7 Å². The van der Waals surface area contributed by atoms with Crippen molar-refractivity contribution in [3.63, 3.8) is 0 Å². The molecule has 0 radical (unpaired) electrons. The summed E-state index contributed by atoms with van der Waals surface area (Å²) >= 11 is 11.8. The second kappa shape index (κ2) is 20.6. The Morgan fingerprint density at radius 2 is 0.841 bits per heavy atom. The fraction of sp³-hybridized carbons (Fsp3) is 0.256. The van der Waals surface area contributed by atoms with Gasteiger partial charge in [0.05, 0.1) is 52.1 Å². The summed E-state index contributed by atoms with van der Waals surface area (Å²) in [5, 5.41) is 17.5. The van der Waals surface area contributed by atoms with Gasteiger partial charge in [0.15, 0.2) is 0 Å². The van der Waals surface area contributed by atoms with E-state index in [9.17, 15) is 76.2 Å². The summed E-state index contributed by atoms with van der Waals surface area (Å²) < 4.78 is 194. The maximum Gasteiger partial charge on any atom is 1.00 e. The van der Waals surface area contributed by atoms with Crippen molar-refractivity contribution in [3.05, 3.63) is 140 Å². The minimum atomic E-state index is -6.22. The van der Waals surface area contributed by atoms with Gasteiger partial charge in [0, 0.05) is 34.6 Å². The molecule has 0 saturated carbocycles. The number of aryl methyl sites for hydroxylation is 4. The molecule has 69 heavy (non-hydrogen) atoms. The summed E-state index contributed by atoms with van der Waals surface area (Å²) in [4.78, 5) is 23.1. The number of rotatable bonds is 8. The van der Waals surface area contributed by atoms with Crippen LogP contribution in [0.3, 0.4) is 0 Å². The minimum Gasteiger partial charge on any atom is -0.870 e. The molecule has 9 nitrogen and oxygen atoms in total. The first-order valence-electron chi connectivity index (χ1n) is 18.6. The Morgan fingerprint density at radius 1 is 0.536 bits per heavy atom. The maximum absolute atomic E-state index is 14.5. The van der Waals surface area contributed by atoms with Gasteiger partial charge in [0.2, 0.25) is 0 Å². The normalized spacial score (nSPS) is 12.4. The Bertz CT molecular complexity index is 2800. The second-order valence-electron chi connectivity index (χ2n) is 14.8. The van der Waals surface area contributed by atoms with Gasteiger partial charge >= 0.3 is 77.5 Å². The number of carboxylic acids is 1. The number of halogens is 16. The van der Waals surface area contributed by atoms with Gasteiger partial charge in [-0.05, 0) is 85.3 Å². The molecular formula is C43H31Cl2F14N4NaO5. The van der Waals surface area contributed by atoms with Crippen molar-refractivity contribution in [2.75, 3.05) is 7.11 Å². The standard InChI is InChI=1S/C22H16ClF7N2O2.C21H14ClF7N2O2.Na.H2O/c1-11-6-15(20(24,21(25,26)27)22(28,29)30)7-12(2)18(11)32-10-14(9-31-32)13-4-5-17(23)16(8-13)19(33)34-3;1-10-5-14(19(23,20(24,25)26)21(27,28)29)6-11(2)17(10)31-9-13(8-30-31)12-3-4-16(22)15(7-12)18(32)33;;/h4-10H,1-3H3;3-9H,1-2H3,(H,32,33);;1H2/q;;+1;/p-1. The number of carbonyl (C=O) groups is 2. The van der Waals surface area contributed by atoms with Crippen LogP contribution < -0.4 is 29.6 Å². The van der Waals surface area contributed by atoms with Crippen molar-refractivity contribution in [3.8, 4) is 33.6 Å². The zero-order valence-electron chi connectivity index (χ0n) is 36.0. The molecule has 0 fully saturated rings. The first-order chi connectivity index (χ1) is 30.7. The number of carboxylic acid groups (broad SMARTS) is 1. The summed E-state index contributed by atoms with van der Waals surface area (Å²) in [6.45, 7) is 4.95. The molecule has 0 spiro atoms. The van der Waals surface area contributed by atoms with Crippen LogP contribution >= 0.6 is 23.2 Å². The van der Waals surface area contributed by atoms with Crippen LogP contribution in [0.5, 0.6) is 0 Å². The quantitative estimate of drug-likeness (QED) is 0.0913. The monoisotopic (exact) mass is 1040 g/mol. The molecule has 6 aromatic rings. The number of aromatic carboxylic acids is 1. The molecule has 6 rings (SSSR count). The van der Waals surface area contributed by atoms with Crippen LogP contribution in [0.2, 0.25) is 10.0 Å². The third kappa shape index (κ3) is 11.1. The number of aromatic nitrogens is 4. The van der Waals surface area contributed by atoms with Crippen molar-refractivity contribution < 1.29 is 116 Å². The average molecular weight is 1040 g/mol. The molecule has 0 aliphatic carbocycles. The Balaban J connectivity index is 0.000000355. The van der Waals surface area contributed by atoms with Gasteiger partial charge in [-0.2, -0.15) is 62.9 Å². The summed E-state index contributed by atoms with van der Waals surface area (Å²) in [6, 6.07) is 10.6. The fourth-order valence-corrected chi connectivity index (χ4v) is 7.43. The van der Waals surface area contributed by atoms with E-state index < -0.39 is 59.1 Å². The summed E-state index contributed by atoms with van der Waals surface area (Å²) in [6.07, 6.45) is -19.3. The Hall–Kier alpha value is -5.20. The molecular weight excluding hydrogens is 1010 g/mol. The van der Waals surface area contributed by atoms with Crippen LogP contribution in [-0.4, -0.2) is 73.9 Å². The molecule has 2 aromatic heterocycles. The van der Waals surface area contributed by atoms with Crippen molar-refractivity contribution in [1.82, 2.24) is 19.6 Å². The number of hydrogen-bond donors (Lipinski definition) is 1. The summed E-state index contributed by atoms with van der Waals surface area (Å²) in [7, 11) is 1.18. The molecule has 0 amide bonds. The largest absolute Gasteiger partial charge is 1.00 e. The van der Waals surface area contributed by atoms with Crippen LogP contribution in [0.1, 0.15) is 54.1 Å². The molecule has 4 aromatic carbocycles. The van der Waals surface area contributed by atoms with Crippen LogP contribution in [0.15, 0.2) is 85.5 Å². The van der Waals surface area contributed by atoms with Crippen LogP contribution in [0, 0.1) is 27.7 Å². The Morgan fingerprint density at radius 3 is 1.13 bits per heavy atom. The predicted molar refractivity (Wildman–Crippen MR) is 217 cm³/mol. The Labute approximate surface area is 413 Å². The molecule has 2 heterocycles. The molecule has 0 bridgehead atoms. The van der Waals surface area contributed by atoms with E-state index in [1.165, 1.54) is 99.3 Å². The smallest absolute Gasteiger partial charge is 0.870 e. The number of carbonyl (C=O) groups excluding carboxylic acids is 1. The topological polar surface area (TPSA) is 129 Å². The predicted octanol–water partition coefficient (Wildman–Crippen LogP) is 10.5. The van der Waals surface area contributed by atoms with E-state index in [1.807, 2.05) is 0 Å². The summed E-state index contributed by atoms with van der Waals surface area (Å²) in [5.74, 6) is -1.94. The van der Waals surface area contributed by atoms with Crippen LogP contribution in [0.4, 0.5) is 61.5 Å². The van der Waals surface area contributed by atoms with E-state index in [2.05, 4.69) is 14.9 Å². The van der Waals surface area contributed by atoms with E-state index in [1.54, 1.807) is 6.07 Å². The van der Waals surface area contributed by atoms with Crippen molar-refractivity contribution in [2.24, 2.45) is 0 Å². The summed E-state index contributed by atoms with van der Waals surface area (Å²) in [5.41, 5.74) is -12.5. The van der Waals surface area contributed by atoms with Crippen molar-refractivity contribution in [2.45, 2.75) is 63.7 Å². The molecule has 0 saturated heterocycles. The van der Waals surface area contributed by atoms with Gasteiger partial charge in [-0.1, -0.05) is 59.6 Å². The number of benzene rings is 4. The molecule has 366 valence electrons. The van der Waals surface area contributed by atoms with Gasteiger partial charge in [-0.3, -0.25) is 0 Å². The van der Waals surface area contributed by atoms with Crippen LogP contribution in [-0.2, 0) is 16.1 Å². The average Bonchev–Trinajstić information content (AvgIpc) is 3.89. The third-order valence-corrected chi connectivity index (χ3v) is 10.9. The number of methoxy groups -OCH3 is 1. The SMILES string of the molecule is COC(=O)c1cc(-c2cnn(-c3c(C)cc(C(F)(C(F)(F)F)C(F)(F)F)cc3C)c2)ccc1Cl.Cc1cc(C(F)(C(F)(F)F)C(F)(F)F)cc(C)c1-n1cc(-c2ccc(Cl)c(C(=O)O)c2)cn1.[Na+].[OH-]. The van der Waals surface area contributed by atoms with E-state index >= 15 is 0 Å². The molecule has 26 heteroatoms. The van der Waals surface area contributed by atoms with Crippen molar-refractivity contribution >= 4 is 35.1 Å². The molecule has 0 unspecified atom stereocenters. The zero-order valence-corrected chi connectivity index (χ0v) is 39.6. The van der Waals surface area contributed by atoms with E-state index in [0.29, 0.717) is 46.5 Å².